The molecule has 2 aliphatic heterocycles. The van der Waals surface area contributed by atoms with Crippen LogP contribution in [0.4, 0.5) is 0 Å². The molecule has 5 nitrogen and oxygen atoms in total. The number of aliphatic hydroxyl groups excluding tert-OH is 1. The summed E-state index contributed by atoms with van der Waals surface area (Å²) in [4.78, 5) is 8.91. The van der Waals surface area contributed by atoms with E-state index in [9.17, 15) is 9.32 Å². The highest BCUT2D eigenvalue weighted by Crippen LogP contribution is 2.36. The van der Waals surface area contributed by atoms with Gasteiger partial charge in [-0.1, -0.05) is 0 Å². The molecule has 1 saturated heterocycles. The summed E-state index contributed by atoms with van der Waals surface area (Å²) in [5, 5.41) is 12.6. The lowest BCUT2D eigenvalue weighted by molar-refractivity contribution is 0.128. The van der Waals surface area contributed by atoms with Crippen molar-refractivity contribution in [2.45, 2.75) is 42.5 Å². The van der Waals surface area contributed by atoms with Gasteiger partial charge in [-0.25, -0.2) is 0 Å². The van der Waals surface area contributed by atoms with Crippen LogP contribution in [0.3, 0.4) is 0 Å². The van der Waals surface area contributed by atoms with Crippen LogP contribution in [0.1, 0.15) is 25.7 Å². The second-order valence-electron chi connectivity index (χ2n) is 5.14. The molecule has 3 aliphatic rings. The third kappa shape index (κ3) is 2.00. The molecule has 2 N–H and O–H groups in total. The van der Waals surface area contributed by atoms with Gasteiger partial charge in [-0.3, -0.25) is 14.2 Å². The molecule has 7 heteroatoms. The average Bonchev–Trinajstić information content (AvgIpc) is 2.65. The van der Waals surface area contributed by atoms with Crippen molar-refractivity contribution in [2.75, 3.05) is 12.4 Å². The van der Waals surface area contributed by atoms with Crippen LogP contribution in [0, 0.1) is 0 Å². The van der Waals surface area contributed by atoms with Gasteiger partial charge in [0.05, 0.1) is 18.2 Å². The van der Waals surface area contributed by atoms with Crippen LogP contribution in [0.15, 0.2) is 9.98 Å². The van der Waals surface area contributed by atoms with E-state index >= 15 is 0 Å². The van der Waals surface area contributed by atoms with Crippen molar-refractivity contribution in [1.82, 2.24) is 5.32 Å². The van der Waals surface area contributed by atoms with E-state index in [4.69, 9.17) is 11.6 Å². The first-order valence-electron chi connectivity index (χ1n) is 6.22. The van der Waals surface area contributed by atoms with E-state index in [0.717, 1.165) is 25.7 Å². The molecule has 3 atom stereocenters. The van der Waals surface area contributed by atoms with Crippen molar-refractivity contribution >= 4 is 33.5 Å². The van der Waals surface area contributed by atoms with Crippen LogP contribution in [0.2, 0.25) is 0 Å². The van der Waals surface area contributed by atoms with Gasteiger partial charge in [0.1, 0.15) is 11.1 Å². The Morgan fingerprint density at radius 3 is 3.00 bits per heavy atom. The minimum atomic E-state index is -0.940. The minimum absolute atomic E-state index is 0.0193. The smallest absolute Gasteiger partial charge is 0.197 e. The van der Waals surface area contributed by atoms with Crippen molar-refractivity contribution in [1.29, 1.82) is 0 Å². The molecule has 2 fully saturated rings. The Labute approximate surface area is 113 Å². The number of halogens is 1. The molecule has 0 bridgehead atoms. The Morgan fingerprint density at radius 1 is 1.61 bits per heavy atom. The van der Waals surface area contributed by atoms with Crippen molar-refractivity contribution < 1.29 is 9.32 Å². The van der Waals surface area contributed by atoms with E-state index < -0.39 is 10.8 Å². The average molecular weight is 290 g/mol. The van der Waals surface area contributed by atoms with Crippen molar-refractivity contribution in [3.8, 4) is 0 Å². The molecule has 1 saturated carbocycles. The van der Waals surface area contributed by atoms with Gasteiger partial charge >= 0.3 is 0 Å². The van der Waals surface area contributed by atoms with E-state index in [1.807, 2.05) is 0 Å². The second kappa shape index (κ2) is 4.58. The molecule has 0 aromatic carbocycles. The quantitative estimate of drug-likeness (QED) is 0.722. The number of nitrogens with zero attached hydrogens (tertiary/aromatic N) is 2. The van der Waals surface area contributed by atoms with Crippen molar-refractivity contribution in [2.24, 2.45) is 9.98 Å². The topological polar surface area (TPSA) is 74.0 Å². The lowest BCUT2D eigenvalue weighted by Gasteiger charge is -2.38. The predicted molar refractivity (Wildman–Crippen MR) is 72.7 cm³/mol. The van der Waals surface area contributed by atoms with E-state index in [1.165, 1.54) is 0 Å². The zero-order valence-corrected chi connectivity index (χ0v) is 11.5. The molecule has 0 aromatic rings. The zero-order chi connectivity index (χ0) is 12.8. The molecule has 18 heavy (non-hydrogen) atoms. The molecule has 1 aliphatic carbocycles. The van der Waals surface area contributed by atoms with E-state index in [0.29, 0.717) is 16.9 Å². The summed E-state index contributed by atoms with van der Waals surface area (Å²) in [6, 6.07) is -0.0193. The van der Waals surface area contributed by atoms with Crippen molar-refractivity contribution in [3.63, 3.8) is 0 Å². The molecule has 0 amide bonds. The lowest BCUT2D eigenvalue weighted by Crippen LogP contribution is -2.50. The number of aliphatic imine (C=N–C) groups is 2. The molecule has 3 rings (SSSR count). The van der Waals surface area contributed by atoms with Crippen LogP contribution in [0.5, 0.6) is 0 Å². The first-order chi connectivity index (χ1) is 8.63. The third-order valence-electron chi connectivity index (χ3n) is 3.96. The number of hydrogen-bond acceptors (Lipinski definition) is 4. The summed E-state index contributed by atoms with van der Waals surface area (Å²) in [5.41, 5.74) is -0.381. The number of amidine groups is 2. The molecule has 0 radical (unpaired) electrons. The summed E-state index contributed by atoms with van der Waals surface area (Å²) in [7, 11) is -0.940. The Kier molecular flexibility index (Phi) is 3.20. The molecule has 2 unspecified atom stereocenters. The van der Waals surface area contributed by atoms with Gasteiger partial charge in [-0.15, -0.1) is 0 Å². The Bertz CT molecular complexity index is 442. The van der Waals surface area contributed by atoms with E-state index in [2.05, 4.69) is 15.3 Å². The monoisotopic (exact) mass is 289 g/mol. The van der Waals surface area contributed by atoms with E-state index in [1.54, 1.807) is 0 Å². The molecule has 0 aromatic heterocycles. The van der Waals surface area contributed by atoms with Gasteiger partial charge in [-0.2, -0.15) is 0 Å². The lowest BCUT2D eigenvalue weighted by atomic mass is 9.78. The maximum Gasteiger partial charge on any atom is 0.197 e. The van der Waals surface area contributed by atoms with Crippen LogP contribution in [-0.2, 0) is 10.8 Å². The van der Waals surface area contributed by atoms with Gasteiger partial charge in [0.15, 0.2) is 5.29 Å². The predicted octanol–water partition coefficient (Wildman–Crippen LogP) is 0.387. The van der Waals surface area contributed by atoms with Gasteiger partial charge in [0.2, 0.25) is 0 Å². The van der Waals surface area contributed by atoms with Crippen LogP contribution < -0.4 is 5.32 Å². The largest absolute Gasteiger partial charge is 0.394 e. The summed E-state index contributed by atoms with van der Waals surface area (Å²) in [6.45, 7) is 0.0387. The summed E-state index contributed by atoms with van der Waals surface area (Å²) in [6.07, 6.45) is 3.64. The SMILES string of the molecule is O=[S@@]1CCC2N=C(Cl)NC(=NC3(CO)CCC3)C21. The maximum atomic E-state index is 12.0. The Morgan fingerprint density at radius 2 is 2.39 bits per heavy atom. The second-order valence-corrected chi connectivity index (χ2v) is 7.18. The van der Waals surface area contributed by atoms with Crippen LogP contribution >= 0.6 is 11.6 Å². The Hall–Kier alpha value is -0.460. The van der Waals surface area contributed by atoms with Crippen molar-refractivity contribution in [3.05, 3.63) is 0 Å². The highest BCUT2D eigenvalue weighted by molar-refractivity contribution is 7.86. The fraction of sp³-hybridized carbons (Fsp3) is 0.818. The molecule has 0 spiro atoms. The molecular weight excluding hydrogens is 274 g/mol. The first-order valence-corrected chi connectivity index (χ1v) is 7.98. The third-order valence-corrected chi connectivity index (χ3v) is 5.90. The summed E-state index contributed by atoms with van der Waals surface area (Å²) >= 11 is 5.96. The summed E-state index contributed by atoms with van der Waals surface area (Å²) in [5.74, 6) is 1.31. The zero-order valence-electron chi connectivity index (χ0n) is 9.93. The van der Waals surface area contributed by atoms with Gasteiger partial charge in [0.25, 0.3) is 0 Å². The van der Waals surface area contributed by atoms with E-state index in [-0.39, 0.29) is 23.4 Å². The minimum Gasteiger partial charge on any atom is -0.394 e. The fourth-order valence-corrected chi connectivity index (χ4v) is 4.58. The van der Waals surface area contributed by atoms with Crippen LogP contribution in [0.25, 0.3) is 0 Å². The van der Waals surface area contributed by atoms with Gasteiger partial charge in [-0.05, 0) is 37.3 Å². The molecular formula is C11H16ClN3O2S. The number of fused-ring (bicyclic) bond motifs is 1. The standard InChI is InChI=1S/C11H16ClN3O2S/c12-10-13-7-2-5-18(17)8(7)9(14-10)15-11(6-16)3-1-4-11/h7-8,16H,1-6H2,(H,13,14,15)/t7?,8?,18-/m1/s1. The number of aliphatic hydroxyl groups is 1. The Balaban J connectivity index is 1.93. The first kappa shape index (κ1) is 12.6. The number of nitrogens with one attached hydrogen (secondary N) is 1. The highest BCUT2D eigenvalue weighted by Gasteiger charge is 2.44. The van der Waals surface area contributed by atoms with Crippen LogP contribution in [-0.4, -0.2) is 49.6 Å². The summed E-state index contributed by atoms with van der Waals surface area (Å²) < 4.78 is 12.0. The maximum absolute atomic E-state index is 12.0. The van der Waals surface area contributed by atoms with Gasteiger partial charge in [0, 0.05) is 16.6 Å². The number of rotatable bonds is 2. The van der Waals surface area contributed by atoms with Gasteiger partial charge < -0.3 is 10.4 Å². The normalized spacial score (nSPS) is 39.8. The molecule has 2 heterocycles. The highest BCUT2D eigenvalue weighted by atomic mass is 35.5. The fourth-order valence-electron chi connectivity index (χ4n) is 2.72. The molecule has 100 valence electrons. The number of hydrogen-bond donors (Lipinski definition) is 2.